The zero-order valence-electron chi connectivity index (χ0n) is 21.5. The minimum absolute atomic E-state index is 0.478. The van der Waals surface area contributed by atoms with Crippen LogP contribution in [0.1, 0.15) is 27.7 Å². The molecule has 2 aromatic carbocycles. The van der Waals surface area contributed by atoms with Crippen LogP contribution in [0.2, 0.25) is 5.15 Å². The predicted octanol–water partition coefficient (Wildman–Crippen LogP) is 6.42. The van der Waals surface area contributed by atoms with Crippen LogP contribution in [0.3, 0.4) is 0 Å². The van der Waals surface area contributed by atoms with Crippen LogP contribution in [0.25, 0.3) is 43.9 Å². The van der Waals surface area contributed by atoms with Gasteiger partial charge in [-0.25, -0.2) is 25.8 Å². The van der Waals surface area contributed by atoms with Crippen LogP contribution in [0, 0.1) is 11.8 Å². The number of hydrazine groups is 1. The fourth-order valence-electron chi connectivity index (χ4n) is 4.69. The molecule has 0 atom stereocenters. The normalized spacial score (nSPS) is 11.7. The number of nitrogens with zero attached hydrogens (tertiary/aromatic N) is 6. The van der Waals surface area contributed by atoms with Gasteiger partial charge in [-0.1, -0.05) is 75.7 Å². The lowest BCUT2D eigenvalue weighted by Crippen LogP contribution is -2.10. The molecule has 3 N–H and O–H groups in total. The van der Waals surface area contributed by atoms with Gasteiger partial charge in [0.25, 0.3) is 0 Å². The molecule has 0 saturated carbocycles. The number of pyridine rings is 2. The molecule has 4 heterocycles. The minimum Gasteiger partial charge on any atom is -0.330 e. The maximum atomic E-state index is 6.20. The molecule has 0 aliphatic rings. The molecule has 0 amide bonds. The van der Waals surface area contributed by atoms with Crippen LogP contribution in [0.4, 0.5) is 5.82 Å². The SMILES string of the molecule is CC(C)Cn1cnc2c(Cl)nc3ccccc3c21.CC(C)Cn1cnc2c(NN)nc3ccccc3c21. The smallest absolute Gasteiger partial charge is 0.168 e. The molecule has 0 aliphatic carbocycles. The fraction of sp³-hybridized carbons (Fsp3) is 0.286. The number of nitrogens with one attached hydrogen (secondary N) is 1. The summed E-state index contributed by atoms with van der Waals surface area (Å²) in [6, 6.07) is 16.1. The molecule has 6 rings (SSSR count). The lowest BCUT2D eigenvalue weighted by Gasteiger charge is -2.10. The third-order valence-corrected chi connectivity index (χ3v) is 6.39. The summed E-state index contributed by atoms with van der Waals surface area (Å²) >= 11 is 6.20. The first-order chi connectivity index (χ1) is 17.9. The molecule has 0 fully saturated rings. The summed E-state index contributed by atoms with van der Waals surface area (Å²) in [5, 5.41) is 2.69. The summed E-state index contributed by atoms with van der Waals surface area (Å²) in [6.45, 7) is 10.6. The summed E-state index contributed by atoms with van der Waals surface area (Å²) in [5.74, 6) is 7.29. The van der Waals surface area contributed by atoms with Crippen molar-refractivity contribution >= 4 is 61.3 Å². The summed E-state index contributed by atoms with van der Waals surface area (Å²) in [4.78, 5) is 17.7. The highest BCUT2D eigenvalue weighted by atomic mass is 35.5. The largest absolute Gasteiger partial charge is 0.330 e. The van der Waals surface area contributed by atoms with E-state index < -0.39 is 0 Å². The second-order valence-corrected chi connectivity index (χ2v) is 10.4. The molecular formula is C28H31ClN8. The molecule has 9 heteroatoms. The zero-order chi connectivity index (χ0) is 26.1. The monoisotopic (exact) mass is 514 g/mol. The Hall–Kier alpha value is -3.75. The molecule has 0 unspecified atom stereocenters. The number of imidazole rings is 2. The molecule has 0 aliphatic heterocycles. The van der Waals surface area contributed by atoms with Crippen LogP contribution < -0.4 is 11.3 Å². The van der Waals surface area contributed by atoms with Crippen LogP contribution in [0.5, 0.6) is 0 Å². The van der Waals surface area contributed by atoms with Gasteiger partial charge in [-0.2, -0.15) is 0 Å². The topological polar surface area (TPSA) is 99.5 Å². The van der Waals surface area contributed by atoms with Gasteiger partial charge in [0.1, 0.15) is 11.0 Å². The van der Waals surface area contributed by atoms with Gasteiger partial charge < -0.3 is 14.6 Å². The molecule has 4 aromatic heterocycles. The van der Waals surface area contributed by atoms with Crippen molar-refractivity contribution < 1.29 is 0 Å². The molecule has 8 nitrogen and oxygen atoms in total. The van der Waals surface area contributed by atoms with Gasteiger partial charge in [-0.3, -0.25) is 0 Å². The van der Waals surface area contributed by atoms with E-state index >= 15 is 0 Å². The third-order valence-electron chi connectivity index (χ3n) is 6.12. The Morgan fingerprint density at radius 2 is 1.24 bits per heavy atom. The van der Waals surface area contributed by atoms with Gasteiger partial charge >= 0.3 is 0 Å². The van der Waals surface area contributed by atoms with Crippen molar-refractivity contribution in [3.8, 4) is 0 Å². The number of para-hydroxylation sites is 2. The third kappa shape index (κ3) is 4.82. The van der Waals surface area contributed by atoms with E-state index in [-0.39, 0.29) is 0 Å². The first-order valence-electron chi connectivity index (χ1n) is 12.5. The number of hydrogen-bond donors (Lipinski definition) is 2. The second kappa shape index (κ2) is 10.3. The van der Waals surface area contributed by atoms with E-state index in [0.717, 1.165) is 57.0 Å². The summed E-state index contributed by atoms with van der Waals surface area (Å²) in [6.07, 6.45) is 3.71. The van der Waals surface area contributed by atoms with E-state index in [1.807, 2.05) is 49.1 Å². The van der Waals surface area contributed by atoms with Crippen molar-refractivity contribution in [2.24, 2.45) is 17.7 Å². The molecule has 0 saturated heterocycles. The number of hydrogen-bond acceptors (Lipinski definition) is 6. The Morgan fingerprint density at radius 1 is 0.757 bits per heavy atom. The number of benzene rings is 2. The molecular weight excluding hydrogens is 484 g/mol. The van der Waals surface area contributed by atoms with E-state index in [1.165, 1.54) is 0 Å². The zero-order valence-corrected chi connectivity index (χ0v) is 22.2. The highest BCUT2D eigenvalue weighted by Gasteiger charge is 2.14. The Labute approximate surface area is 220 Å². The Morgan fingerprint density at radius 3 is 1.78 bits per heavy atom. The van der Waals surface area contributed by atoms with Crippen molar-refractivity contribution in [2.75, 3.05) is 5.43 Å². The van der Waals surface area contributed by atoms with Gasteiger partial charge in [0.2, 0.25) is 0 Å². The van der Waals surface area contributed by atoms with Crippen molar-refractivity contribution in [1.29, 1.82) is 0 Å². The highest BCUT2D eigenvalue weighted by molar-refractivity contribution is 6.35. The van der Waals surface area contributed by atoms with Gasteiger partial charge in [0.05, 0.1) is 34.7 Å². The summed E-state index contributed by atoms with van der Waals surface area (Å²) in [7, 11) is 0. The van der Waals surface area contributed by atoms with E-state index in [9.17, 15) is 0 Å². The number of nitrogens with two attached hydrogens (primary N) is 1. The summed E-state index contributed by atoms with van der Waals surface area (Å²) in [5.41, 5.74) is 8.27. The van der Waals surface area contributed by atoms with Gasteiger partial charge in [0.15, 0.2) is 11.0 Å². The Balaban J connectivity index is 0.000000152. The lowest BCUT2D eigenvalue weighted by atomic mass is 10.1. The van der Waals surface area contributed by atoms with E-state index in [2.05, 4.69) is 74.3 Å². The number of fused-ring (bicyclic) bond motifs is 6. The quantitative estimate of drug-likeness (QED) is 0.156. The van der Waals surface area contributed by atoms with Crippen molar-refractivity contribution in [3.05, 3.63) is 66.3 Å². The van der Waals surface area contributed by atoms with E-state index in [0.29, 0.717) is 22.8 Å². The minimum atomic E-state index is 0.478. The molecule has 0 radical (unpaired) electrons. The average molecular weight is 515 g/mol. The van der Waals surface area contributed by atoms with Crippen LogP contribution in [-0.2, 0) is 13.1 Å². The standard InChI is InChI=1S/C14H14ClN3.C14H17N5/c1-9(2)7-18-8-16-12-13(18)10-5-3-4-6-11(10)17-14(12)15;1-9(2)7-19-8-16-12-13(19)10-5-3-4-6-11(10)17-14(12)18-15/h3-6,8-9H,7H2,1-2H3;3-6,8-9H,7,15H2,1-2H3,(H,17,18). The van der Waals surface area contributed by atoms with E-state index in [1.54, 1.807) is 0 Å². The van der Waals surface area contributed by atoms with Crippen molar-refractivity contribution in [1.82, 2.24) is 29.1 Å². The van der Waals surface area contributed by atoms with Crippen LogP contribution in [0.15, 0.2) is 61.2 Å². The molecule has 0 bridgehead atoms. The maximum Gasteiger partial charge on any atom is 0.168 e. The van der Waals surface area contributed by atoms with Crippen molar-refractivity contribution in [2.45, 2.75) is 40.8 Å². The predicted molar refractivity (Wildman–Crippen MR) is 153 cm³/mol. The maximum absolute atomic E-state index is 6.20. The highest BCUT2D eigenvalue weighted by Crippen LogP contribution is 2.29. The number of halogens is 1. The van der Waals surface area contributed by atoms with Gasteiger partial charge in [-0.15, -0.1) is 0 Å². The average Bonchev–Trinajstić information content (AvgIpc) is 3.49. The Kier molecular flexibility index (Phi) is 6.95. The van der Waals surface area contributed by atoms with Gasteiger partial charge in [-0.05, 0) is 24.0 Å². The van der Waals surface area contributed by atoms with E-state index in [4.69, 9.17) is 17.4 Å². The van der Waals surface area contributed by atoms with Crippen molar-refractivity contribution in [3.63, 3.8) is 0 Å². The first kappa shape index (κ1) is 24.9. The first-order valence-corrected chi connectivity index (χ1v) is 12.8. The van der Waals surface area contributed by atoms with Crippen LogP contribution in [-0.4, -0.2) is 29.1 Å². The van der Waals surface area contributed by atoms with Crippen LogP contribution >= 0.6 is 11.6 Å². The number of nitrogen functional groups attached to an aromatic ring is 1. The van der Waals surface area contributed by atoms with Gasteiger partial charge in [0, 0.05) is 23.9 Å². The number of rotatable bonds is 5. The second-order valence-electron chi connectivity index (χ2n) is 10.0. The fourth-order valence-corrected chi connectivity index (χ4v) is 4.92. The molecule has 0 spiro atoms. The molecule has 37 heavy (non-hydrogen) atoms. The number of anilines is 1. The Bertz CT molecular complexity index is 1700. The number of aromatic nitrogens is 6. The summed E-state index contributed by atoms with van der Waals surface area (Å²) < 4.78 is 4.33. The lowest BCUT2D eigenvalue weighted by molar-refractivity contribution is 0.533. The molecule has 190 valence electrons. The molecule has 6 aromatic rings.